The number of benzene rings is 1. The van der Waals surface area contributed by atoms with Crippen molar-refractivity contribution in [2.24, 2.45) is 18.9 Å². The summed E-state index contributed by atoms with van der Waals surface area (Å²) in [5.74, 6) is 0.145. The summed E-state index contributed by atoms with van der Waals surface area (Å²) in [5, 5.41) is 13.5. The first kappa shape index (κ1) is 21.7. The molecule has 2 heterocycles. The number of amides is 1. The summed E-state index contributed by atoms with van der Waals surface area (Å²) in [4.78, 5) is 27.5. The number of pyridine rings is 1. The van der Waals surface area contributed by atoms with Gasteiger partial charge in [0, 0.05) is 32.4 Å². The van der Waals surface area contributed by atoms with E-state index in [1.165, 1.54) is 10.6 Å². The monoisotopic (exact) mass is 427 g/mol. The molecular weight excluding hydrogens is 397 g/mol. The Morgan fingerprint density at radius 2 is 1.94 bits per heavy atom. The van der Waals surface area contributed by atoms with E-state index in [0.29, 0.717) is 24.7 Å². The molecule has 1 aromatic heterocycles. The van der Waals surface area contributed by atoms with E-state index < -0.39 is 12.0 Å². The second-order valence-electron chi connectivity index (χ2n) is 9.03. The minimum atomic E-state index is -0.623. The van der Waals surface area contributed by atoms with Crippen molar-refractivity contribution in [1.82, 2.24) is 14.8 Å². The molecule has 31 heavy (non-hydrogen) atoms. The van der Waals surface area contributed by atoms with Crippen molar-refractivity contribution in [3.63, 3.8) is 0 Å². The van der Waals surface area contributed by atoms with Gasteiger partial charge in [0.2, 0.25) is 0 Å². The standard InChI is InChI=1S/C24H30FN3O3/c1-15-6-7-20(24(31)27(15)2)23(30)26-21-11-17-13-28(14-18(17)12-22(21)29)9-8-16-4-3-5-19(25)10-16/h3-7,10,17-18,21-22,29H,8-9,11-14H2,1-2H3,(H,26,30)/t17-,18+,21-,22-/m0/s1. The van der Waals surface area contributed by atoms with Crippen LogP contribution in [0, 0.1) is 24.6 Å². The first-order valence-corrected chi connectivity index (χ1v) is 10.9. The van der Waals surface area contributed by atoms with Crippen LogP contribution in [0.3, 0.4) is 0 Å². The van der Waals surface area contributed by atoms with Crippen LogP contribution in [0.4, 0.5) is 4.39 Å². The molecule has 1 aliphatic heterocycles. The number of likely N-dealkylation sites (tertiary alicyclic amines) is 1. The Labute approximate surface area is 181 Å². The highest BCUT2D eigenvalue weighted by molar-refractivity contribution is 5.94. The molecule has 166 valence electrons. The van der Waals surface area contributed by atoms with Crippen molar-refractivity contribution < 1.29 is 14.3 Å². The van der Waals surface area contributed by atoms with Crippen LogP contribution in [0.25, 0.3) is 0 Å². The Balaban J connectivity index is 1.35. The van der Waals surface area contributed by atoms with Crippen LogP contribution in [0.2, 0.25) is 0 Å². The highest BCUT2D eigenvalue weighted by Crippen LogP contribution is 2.36. The summed E-state index contributed by atoms with van der Waals surface area (Å²) >= 11 is 0. The molecule has 0 radical (unpaired) electrons. The van der Waals surface area contributed by atoms with Crippen LogP contribution in [0.5, 0.6) is 0 Å². The van der Waals surface area contributed by atoms with E-state index >= 15 is 0 Å². The Kier molecular flexibility index (Phi) is 6.25. The molecule has 2 aromatic rings. The zero-order valence-corrected chi connectivity index (χ0v) is 18.1. The zero-order chi connectivity index (χ0) is 22.1. The lowest BCUT2D eigenvalue weighted by Gasteiger charge is -2.35. The van der Waals surface area contributed by atoms with Crippen molar-refractivity contribution in [1.29, 1.82) is 0 Å². The molecule has 4 atom stereocenters. The quantitative estimate of drug-likeness (QED) is 0.764. The van der Waals surface area contributed by atoms with Crippen LogP contribution >= 0.6 is 0 Å². The van der Waals surface area contributed by atoms with Crippen LogP contribution in [0.15, 0.2) is 41.2 Å². The number of fused-ring (bicyclic) bond motifs is 1. The number of hydrogen-bond donors (Lipinski definition) is 2. The fourth-order valence-corrected chi connectivity index (χ4v) is 4.99. The molecule has 1 saturated heterocycles. The summed E-state index contributed by atoms with van der Waals surface area (Å²) in [6.45, 7) is 4.48. The Bertz CT molecular complexity index is 1020. The SMILES string of the molecule is Cc1ccc(C(=O)N[C@H]2C[C@H]3CN(CCc4cccc(F)c4)C[C@H]3C[C@@H]2O)c(=O)n1C. The van der Waals surface area contributed by atoms with E-state index in [4.69, 9.17) is 0 Å². The van der Waals surface area contributed by atoms with Gasteiger partial charge in [-0.1, -0.05) is 12.1 Å². The Morgan fingerprint density at radius 1 is 1.19 bits per heavy atom. The van der Waals surface area contributed by atoms with Gasteiger partial charge in [-0.3, -0.25) is 9.59 Å². The third-order valence-corrected chi connectivity index (χ3v) is 6.94. The van der Waals surface area contributed by atoms with Crippen molar-refractivity contribution in [2.45, 2.75) is 38.3 Å². The fourth-order valence-electron chi connectivity index (χ4n) is 4.99. The van der Waals surface area contributed by atoms with Crippen molar-refractivity contribution in [3.05, 3.63) is 69.4 Å². The van der Waals surface area contributed by atoms with Gasteiger partial charge >= 0.3 is 0 Å². The van der Waals surface area contributed by atoms with E-state index in [1.807, 2.05) is 13.0 Å². The minimum absolute atomic E-state index is 0.102. The molecule has 1 aromatic carbocycles. The van der Waals surface area contributed by atoms with E-state index in [2.05, 4.69) is 10.2 Å². The average molecular weight is 428 g/mol. The lowest BCUT2D eigenvalue weighted by atomic mass is 9.77. The van der Waals surface area contributed by atoms with E-state index in [-0.39, 0.29) is 23.0 Å². The summed E-state index contributed by atoms with van der Waals surface area (Å²) < 4.78 is 14.8. The highest BCUT2D eigenvalue weighted by Gasteiger charge is 2.42. The van der Waals surface area contributed by atoms with Gasteiger partial charge in [0.05, 0.1) is 12.1 Å². The maximum atomic E-state index is 13.4. The van der Waals surface area contributed by atoms with Crippen LogP contribution in [-0.2, 0) is 13.5 Å². The number of rotatable bonds is 5. The number of nitrogens with one attached hydrogen (secondary N) is 1. The van der Waals surface area contributed by atoms with Crippen LogP contribution in [-0.4, -0.2) is 52.3 Å². The molecule has 2 aliphatic rings. The Hall–Kier alpha value is -2.51. The molecule has 1 saturated carbocycles. The van der Waals surface area contributed by atoms with Gasteiger partial charge in [-0.05, 0) is 67.9 Å². The first-order chi connectivity index (χ1) is 14.8. The number of aryl methyl sites for hydroxylation is 1. The smallest absolute Gasteiger partial charge is 0.263 e. The predicted molar refractivity (Wildman–Crippen MR) is 116 cm³/mol. The van der Waals surface area contributed by atoms with Gasteiger partial charge in [0.1, 0.15) is 11.4 Å². The third-order valence-electron chi connectivity index (χ3n) is 6.94. The summed E-state index contributed by atoms with van der Waals surface area (Å²) in [6, 6.07) is 9.65. The molecular formula is C24H30FN3O3. The second-order valence-corrected chi connectivity index (χ2v) is 9.03. The van der Waals surface area contributed by atoms with E-state index in [0.717, 1.165) is 37.3 Å². The second kappa shape index (κ2) is 8.93. The maximum absolute atomic E-state index is 13.4. The van der Waals surface area contributed by atoms with Gasteiger partial charge in [-0.2, -0.15) is 0 Å². The van der Waals surface area contributed by atoms with Crippen molar-refractivity contribution in [3.8, 4) is 0 Å². The number of carbonyl (C=O) groups is 1. The molecule has 7 heteroatoms. The summed E-state index contributed by atoms with van der Waals surface area (Å²) in [5.41, 5.74) is 1.54. The van der Waals surface area contributed by atoms with Crippen LogP contribution < -0.4 is 10.9 Å². The largest absolute Gasteiger partial charge is 0.391 e. The van der Waals surface area contributed by atoms with Gasteiger partial charge in [0.25, 0.3) is 11.5 Å². The lowest BCUT2D eigenvalue weighted by molar-refractivity contribution is 0.0461. The summed E-state index contributed by atoms with van der Waals surface area (Å²) in [6.07, 6.45) is 1.50. The maximum Gasteiger partial charge on any atom is 0.263 e. The first-order valence-electron chi connectivity index (χ1n) is 10.9. The Morgan fingerprint density at radius 3 is 2.68 bits per heavy atom. The van der Waals surface area contributed by atoms with Crippen LogP contribution in [0.1, 0.15) is 34.5 Å². The van der Waals surface area contributed by atoms with Gasteiger partial charge in [-0.15, -0.1) is 0 Å². The number of halogens is 1. The third kappa shape index (κ3) is 4.72. The predicted octanol–water partition coefficient (Wildman–Crippen LogP) is 1.88. The molecule has 1 aliphatic carbocycles. The zero-order valence-electron chi connectivity index (χ0n) is 18.1. The lowest BCUT2D eigenvalue weighted by Crippen LogP contribution is -2.50. The molecule has 0 bridgehead atoms. The topological polar surface area (TPSA) is 74.6 Å². The molecule has 4 rings (SSSR count). The molecule has 1 amide bonds. The van der Waals surface area contributed by atoms with E-state index in [1.54, 1.807) is 31.3 Å². The van der Waals surface area contributed by atoms with Gasteiger partial charge in [-0.25, -0.2) is 4.39 Å². The number of carbonyl (C=O) groups excluding carboxylic acids is 1. The van der Waals surface area contributed by atoms with E-state index in [9.17, 15) is 19.1 Å². The normalized spacial score (nSPS) is 25.9. The highest BCUT2D eigenvalue weighted by atomic mass is 19.1. The summed E-state index contributed by atoms with van der Waals surface area (Å²) in [7, 11) is 1.64. The number of hydrogen-bond acceptors (Lipinski definition) is 4. The molecule has 6 nitrogen and oxygen atoms in total. The molecule has 0 unspecified atom stereocenters. The van der Waals surface area contributed by atoms with Crippen molar-refractivity contribution in [2.75, 3.05) is 19.6 Å². The van der Waals surface area contributed by atoms with Gasteiger partial charge < -0.3 is 19.9 Å². The molecule has 2 fully saturated rings. The fraction of sp³-hybridized carbons (Fsp3) is 0.500. The number of aliphatic hydroxyl groups is 1. The molecule has 2 N–H and O–H groups in total. The number of nitrogens with zero attached hydrogens (tertiary/aromatic N) is 2. The van der Waals surface area contributed by atoms with Crippen molar-refractivity contribution >= 4 is 5.91 Å². The number of aromatic nitrogens is 1. The minimum Gasteiger partial charge on any atom is -0.391 e. The van der Waals surface area contributed by atoms with Gasteiger partial charge in [0.15, 0.2) is 0 Å². The molecule has 0 spiro atoms. The average Bonchev–Trinajstić information content (AvgIpc) is 3.12. The number of aliphatic hydroxyl groups excluding tert-OH is 1.